The second-order valence-corrected chi connectivity index (χ2v) is 8.00. The second kappa shape index (κ2) is 9.94. The lowest BCUT2D eigenvalue weighted by Gasteiger charge is -2.12. The lowest BCUT2D eigenvalue weighted by Crippen LogP contribution is -2.25. The summed E-state index contributed by atoms with van der Waals surface area (Å²) in [5, 5.41) is 13.3. The Morgan fingerprint density at radius 3 is 2.59 bits per heavy atom. The van der Waals surface area contributed by atoms with Crippen LogP contribution in [0.3, 0.4) is 0 Å². The molecule has 0 radical (unpaired) electrons. The summed E-state index contributed by atoms with van der Waals surface area (Å²) in [4.78, 5) is 36.4. The Hall–Kier alpha value is -4.38. The zero-order valence-corrected chi connectivity index (χ0v) is 19.6. The molecular weight excluding hydrogens is 517 g/mol. The maximum Gasteiger partial charge on any atom is 0.435 e. The molecular formula is C25H16ClF3N2O6. The van der Waals surface area contributed by atoms with Crippen LogP contribution in [-0.4, -0.2) is 41.4 Å². The van der Waals surface area contributed by atoms with E-state index in [1.54, 1.807) is 6.92 Å². The van der Waals surface area contributed by atoms with E-state index in [0.717, 1.165) is 6.08 Å². The van der Waals surface area contributed by atoms with Gasteiger partial charge in [0.05, 0.1) is 34.0 Å². The first-order chi connectivity index (χ1) is 17.5. The van der Waals surface area contributed by atoms with Gasteiger partial charge in [-0.1, -0.05) is 17.7 Å². The van der Waals surface area contributed by atoms with E-state index in [1.165, 1.54) is 54.6 Å². The Labute approximate surface area is 212 Å². The number of anilines is 1. The zero-order chi connectivity index (χ0) is 26.9. The fourth-order valence-electron chi connectivity index (χ4n) is 3.48. The fourth-order valence-corrected chi connectivity index (χ4v) is 3.68. The van der Waals surface area contributed by atoms with Crippen molar-refractivity contribution in [3.8, 4) is 11.3 Å². The molecule has 0 aliphatic carbocycles. The SMILES string of the molecule is CCOC(=O)c1cccc(N2N=C(C(F)(F)F)/C(=C\c3ccc(-c4ccc(Cl)c(C(=O)O)c4)o3)C2=O)c1. The summed E-state index contributed by atoms with van der Waals surface area (Å²) in [5.74, 6) is -3.03. The van der Waals surface area contributed by atoms with E-state index in [4.69, 9.17) is 20.8 Å². The molecule has 1 amide bonds. The first kappa shape index (κ1) is 25.7. The molecule has 1 aliphatic rings. The number of hydrazone groups is 1. The number of nitrogens with zero attached hydrogens (tertiary/aromatic N) is 2. The van der Waals surface area contributed by atoms with Gasteiger partial charge in [-0.3, -0.25) is 4.79 Å². The van der Waals surface area contributed by atoms with E-state index in [0.29, 0.717) is 10.6 Å². The predicted octanol–water partition coefficient (Wildman–Crippen LogP) is 5.82. The number of aromatic carboxylic acids is 1. The molecule has 0 fully saturated rings. The van der Waals surface area contributed by atoms with Crippen molar-refractivity contribution in [3.05, 3.63) is 82.1 Å². The third kappa shape index (κ3) is 5.26. The topological polar surface area (TPSA) is 109 Å². The van der Waals surface area contributed by atoms with E-state index >= 15 is 0 Å². The summed E-state index contributed by atoms with van der Waals surface area (Å²) in [6.45, 7) is 1.69. The number of alkyl halides is 3. The number of furan rings is 1. The van der Waals surface area contributed by atoms with Crippen molar-refractivity contribution in [1.82, 2.24) is 0 Å². The van der Waals surface area contributed by atoms with Crippen LogP contribution in [0, 0.1) is 0 Å². The van der Waals surface area contributed by atoms with E-state index in [-0.39, 0.29) is 40.0 Å². The van der Waals surface area contributed by atoms with Crippen LogP contribution in [0.25, 0.3) is 17.4 Å². The summed E-state index contributed by atoms with van der Waals surface area (Å²) in [6, 6.07) is 12.1. The molecule has 0 spiro atoms. The molecule has 1 aromatic heterocycles. The molecule has 3 aromatic rings. The van der Waals surface area contributed by atoms with Gasteiger partial charge in [-0.15, -0.1) is 0 Å². The lowest BCUT2D eigenvalue weighted by atomic mass is 10.1. The highest BCUT2D eigenvalue weighted by atomic mass is 35.5. The number of esters is 1. The highest BCUT2D eigenvalue weighted by Crippen LogP contribution is 2.34. The van der Waals surface area contributed by atoms with Gasteiger partial charge in [-0.2, -0.15) is 23.3 Å². The number of carbonyl (C=O) groups is 3. The van der Waals surface area contributed by atoms with E-state index in [2.05, 4.69) is 5.10 Å². The van der Waals surface area contributed by atoms with Crippen LogP contribution in [0.2, 0.25) is 5.02 Å². The summed E-state index contributed by atoms with van der Waals surface area (Å²) in [6.07, 6.45) is -4.08. The maximum absolute atomic E-state index is 13.8. The molecule has 8 nitrogen and oxygen atoms in total. The van der Waals surface area contributed by atoms with Gasteiger partial charge in [0, 0.05) is 5.56 Å². The molecule has 0 bridgehead atoms. The number of ether oxygens (including phenoxy) is 1. The first-order valence-corrected chi connectivity index (χ1v) is 11.0. The van der Waals surface area contributed by atoms with Crippen molar-refractivity contribution in [3.63, 3.8) is 0 Å². The summed E-state index contributed by atoms with van der Waals surface area (Å²) < 4.78 is 51.8. The Bertz CT molecular complexity index is 1480. The van der Waals surface area contributed by atoms with Crippen molar-refractivity contribution in [2.45, 2.75) is 13.1 Å². The molecule has 2 aromatic carbocycles. The highest BCUT2D eigenvalue weighted by Gasteiger charge is 2.47. The molecule has 37 heavy (non-hydrogen) atoms. The van der Waals surface area contributed by atoms with E-state index in [1.807, 2.05) is 0 Å². The number of carboxylic acids is 1. The van der Waals surface area contributed by atoms with Gasteiger partial charge in [-0.25, -0.2) is 9.59 Å². The standard InChI is InChI=1S/C25H16ClF3N2O6/c1-2-36-24(35)14-4-3-5-15(10-14)31-22(32)18(21(30-31)25(27,28)29)12-16-7-9-20(37-16)13-6-8-19(26)17(11-13)23(33)34/h3-12H,2H2,1H3,(H,33,34)/b18-12+. The Kier molecular flexibility index (Phi) is 6.90. The average molecular weight is 533 g/mol. The van der Waals surface area contributed by atoms with Crippen LogP contribution >= 0.6 is 11.6 Å². The van der Waals surface area contributed by atoms with Crippen molar-refractivity contribution in [2.24, 2.45) is 5.10 Å². The molecule has 0 saturated carbocycles. The van der Waals surface area contributed by atoms with E-state index < -0.39 is 35.3 Å². The first-order valence-electron chi connectivity index (χ1n) is 10.6. The molecule has 1 N–H and O–H groups in total. The predicted molar refractivity (Wildman–Crippen MR) is 127 cm³/mol. The zero-order valence-electron chi connectivity index (χ0n) is 18.9. The highest BCUT2D eigenvalue weighted by molar-refractivity contribution is 6.34. The second-order valence-electron chi connectivity index (χ2n) is 7.59. The van der Waals surface area contributed by atoms with Crippen LogP contribution in [0.1, 0.15) is 33.4 Å². The average Bonchev–Trinajstić information content (AvgIpc) is 3.44. The van der Waals surface area contributed by atoms with Crippen molar-refractivity contribution >= 4 is 46.9 Å². The number of benzene rings is 2. The molecule has 190 valence electrons. The number of hydrogen-bond acceptors (Lipinski definition) is 6. The fraction of sp³-hybridized carbons (Fsp3) is 0.120. The minimum atomic E-state index is -4.98. The van der Waals surface area contributed by atoms with Gasteiger partial charge in [0.25, 0.3) is 5.91 Å². The molecule has 0 unspecified atom stereocenters. The van der Waals surface area contributed by atoms with E-state index in [9.17, 15) is 32.7 Å². The monoisotopic (exact) mass is 532 g/mol. The number of carboxylic acid groups (broad SMARTS) is 1. The van der Waals surface area contributed by atoms with Crippen LogP contribution in [0.4, 0.5) is 18.9 Å². The number of rotatable bonds is 6. The van der Waals surface area contributed by atoms with Gasteiger partial charge in [-0.05, 0) is 61.5 Å². The molecule has 0 atom stereocenters. The summed E-state index contributed by atoms with van der Waals surface area (Å²) in [5.41, 5.74) is -2.13. The molecule has 12 heteroatoms. The molecule has 0 saturated heterocycles. The third-order valence-electron chi connectivity index (χ3n) is 5.14. The van der Waals surface area contributed by atoms with Gasteiger partial charge < -0.3 is 14.3 Å². The van der Waals surface area contributed by atoms with Gasteiger partial charge in [0.2, 0.25) is 0 Å². The maximum atomic E-state index is 13.8. The summed E-state index contributed by atoms with van der Waals surface area (Å²) in [7, 11) is 0. The largest absolute Gasteiger partial charge is 0.478 e. The van der Waals surface area contributed by atoms with Crippen molar-refractivity contribution in [2.75, 3.05) is 11.6 Å². The van der Waals surface area contributed by atoms with Crippen LogP contribution in [0.5, 0.6) is 0 Å². The quantitative estimate of drug-likeness (QED) is 0.316. The smallest absolute Gasteiger partial charge is 0.435 e. The van der Waals surface area contributed by atoms with Crippen LogP contribution < -0.4 is 5.01 Å². The van der Waals surface area contributed by atoms with Gasteiger partial charge in [0.1, 0.15) is 11.5 Å². The molecule has 2 heterocycles. The Morgan fingerprint density at radius 2 is 1.92 bits per heavy atom. The third-order valence-corrected chi connectivity index (χ3v) is 5.47. The Balaban J connectivity index is 1.70. The molecule has 4 rings (SSSR count). The number of halogens is 4. The number of carbonyl (C=O) groups excluding carboxylic acids is 2. The number of hydrogen-bond donors (Lipinski definition) is 1. The van der Waals surface area contributed by atoms with Crippen LogP contribution in [0.15, 0.2) is 69.7 Å². The van der Waals surface area contributed by atoms with Gasteiger partial charge in [0.15, 0.2) is 5.71 Å². The number of amides is 1. The minimum Gasteiger partial charge on any atom is -0.478 e. The van der Waals surface area contributed by atoms with Crippen molar-refractivity contribution < 1.29 is 41.8 Å². The summed E-state index contributed by atoms with van der Waals surface area (Å²) >= 11 is 5.87. The van der Waals surface area contributed by atoms with Gasteiger partial charge >= 0.3 is 18.1 Å². The lowest BCUT2D eigenvalue weighted by molar-refractivity contribution is -0.114. The Morgan fingerprint density at radius 1 is 1.16 bits per heavy atom. The van der Waals surface area contributed by atoms with Crippen molar-refractivity contribution in [1.29, 1.82) is 0 Å². The van der Waals surface area contributed by atoms with Crippen LogP contribution in [-0.2, 0) is 9.53 Å². The molecule has 1 aliphatic heterocycles. The minimum absolute atomic E-state index is 0.000141. The normalized spacial score (nSPS) is 14.7.